The summed E-state index contributed by atoms with van der Waals surface area (Å²) < 4.78 is 32.6. The monoisotopic (exact) mass is 396 g/mol. The molecular formula is C16H20N4O4S2. The molecule has 2 aromatic heterocycles. The van der Waals surface area contributed by atoms with Gasteiger partial charge in [-0.2, -0.15) is 4.31 Å². The predicted octanol–water partition coefficient (Wildman–Crippen LogP) is 1.37. The number of aromatic nitrogens is 2. The highest BCUT2D eigenvalue weighted by atomic mass is 32.2. The predicted molar refractivity (Wildman–Crippen MR) is 97.1 cm³/mol. The van der Waals surface area contributed by atoms with Crippen molar-refractivity contribution < 1.29 is 17.7 Å². The summed E-state index contributed by atoms with van der Waals surface area (Å²) in [5.74, 6) is 1.04. The van der Waals surface area contributed by atoms with Crippen LogP contribution >= 0.6 is 11.8 Å². The highest BCUT2D eigenvalue weighted by Gasteiger charge is 2.40. The fourth-order valence-electron chi connectivity index (χ4n) is 2.95. The molecule has 1 amide bonds. The Labute approximate surface area is 155 Å². The summed E-state index contributed by atoms with van der Waals surface area (Å²) in [5, 5.41) is 7.39. The second-order valence-corrected chi connectivity index (χ2v) is 9.49. The number of nitrogens with zero attached hydrogens (tertiary/aromatic N) is 3. The Kier molecular flexibility index (Phi) is 4.66. The molecule has 0 aromatic carbocycles. The Morgan fingerprint density at radius 1 is 1.46 bits per heavy atom. The van der Waals surface area contributed by atoms with E-state index in [-0.39, 0.29) is 16.7 Å². The molecule has 2 fully saturated rings. The second-order valence-electron chi connectivity index (χ2n) is 6.60. The topological polar surface area (TPSA) is 105 Å². The number of rotatable bonds is 6. The highest BCUT2D eigenvalue weighted by Crippen LogP contribution is 2.31. The molecule has 1 saturated heterocycles. The normalized spacial score (nSPS) is 21.3. The zero-order valence-electron chi connectivity index (χ0n) is 14.3. The standard InChI is InChI=1S/C16H20N4O4S2/c1-2-13-12-5-11(7-18-16(12)24-19-13)26(22,23)20-9-25-8-14(20)15(21)17-6-10-3-4-10/h5,7,10,14H,2-4,6,8-9H2,1H3,(H,17,21). The lowest BCUT2D eigenvalue weighted by Crippen LogP contribution is -2.47. The average molecular weight is 396 g/mol. The minimum atomic E-state index is -3.83. The van der Waals surface area contributed by atoms with Crippen LogP contribution in [0.2, 0.25) is 0 Å². The lowest BCUT2D eigenvalue weighted by Gasteiger charge is -2.22. The van der Waals surface area contributed by atoms with Crippen molar-refractivity contribution in [3.63, 3.8) is 0 Å². The summed E-state index contributed by atoms with van der Waals surface area (Å²) in [6.07, 6.45) is 4.15. The Hall–Kier alpha value is -1.65. The number of hydrogen-bond donors (Lipinski definition) is 1. The van der Waals surface area contributed by atoms with Gasteiger partial charge in [-0.05, 0) is 31.2 Å². The summed E-state index contributed by atoms with van der Waals surface area (Å²) >= 11 is 1.44. The molecule has 1 aliphatic carbocycles. The van der Waals surface area contributed by atoms with Crippen molar-refractivity contribution in [2.24, 2.45) is 5.92 Å². The first-order chi connectivity index (χ1) is 12.5. The summed E-state index contributed by atoms with van der Waals surface area (Å²) in [6, 6.07) is 0.849. The van der Waals surface area contributed by atoms with Crippen LogP contribution in [-0.2, 0) is 21.2 Å². The number of aryl methyl sites for hydroxylation is 1. The number of sulfonamides is 1. The van der Waals surface area contributed by atoms with Gasteiger partial charge in [0.1, 0.15) is 10.9 Å². The average Bonchev–Trinajstić information content (AvgIpc) is 3.17. The fraction of sp³-hybridized carbons (Fsp3) is 0.562. The molecular weight excluding hydrogens is 376 g/mol. The Morgan fingerprint density at radius 2 is 2.27 bits per heavy atom. The van der Waals surface area contributed by atoms with E-state index in [0.717, 1.165) is 12.8 Å². The zero-order valence-corrected chi connectivity index (χ0v) is 16.0. The van der Waals surface area contributed by atoms with Gasteiger partial charge in [-0.15, -0.1) is 11.8 Å². The van der Waals surface area contributed by atoms with Gasteiger partial charge in [-0.25, -0.2) is 13.4 Å². The quantitative estimate of drug-likeness (QED) is 0.786. The van der Waals surface area contributed by atoms with Gasteiger partial charge >= 0.3 is 0 Å². The molecule has 2 aliphatic rings. The largest absolute Gasteiger partial charge is 0.354 e. The molecule has 10 heteroatoms. The summed E-state index contributed by atoms with van der Waals surface area (Å²) in [5.41, 5.74) is 0.981. The Morgan fingerprint density at radius 3 is 3.00 bits per heavy atom. The van der Waals surface area contributed by atoms with E-state index in [1.807, 2.05) is 6.92 Å². The lowest BCUT2D eigenvalue weighted by molar-refractivity contribution is -0.123. The van der Waals surface area contributed by atoms with E-state index < -0.39 is 16.1 Å². The number of nitrogens with one attached hydrogen (secondary N) is 1. The molecule has 8 nitrogen and oxygen atoms in total. The number of fused-ring (bicyclic) bond motifs is 1. The molecule has 0 bridgehead atoms. The smallest absolute Gasteiger partial charge is 0.258 e. The van der Waals surface area contributed by atoms with Crippen LogP contribution < -0.4 is 5.32 Å². The third kappa shape index (κ3) is 3.21. The number of thioether (sulfide) groups is 1. The molecule has 1 N–H and O–H groups in total. The maximum absolute atomic E-state index is 13.1. The van der Waals surface area contributed by atoms with E-state index in [1.54, 1.807) is 0 Å². The van der Waals surface area contributed by atoms with Crippen molar-refractivity contribution in [1.29, 1.82) is 0 Å². The molecule has 1 unspecified atom stereocenters. The van der Waals surface area contributed by atoms with Gasteiger partial charge in [0.2, 0.25) is 15.9 Å². The van der Waals surface area contributed by atoms with E-state index in [1.165, 1.54) is 28.3 Å². The van der Waals surface area contributed by atoms with Crippen molar-refractivity contribution in [2.75, 3.05) is 18.2 Å². The number of carbonyl (C=O) groups is 1. The number of hydrogen-bond acceptors (Lipinski definition) is 7. The number of carbonyl (C=O) groups excluding carboxylic acids is 1. The van der Waals surface area contributed by atoms with Crippen LogP contribution in [0.3, 0.4) is 0 Å². The van der Waals surface area contributed by atoms with Gasteiger partial charge in [0.25, 0.3) is 5.71 Å². The van der Waals surface area contributed by atoms with Crippen LogP contribution in [0.4, 0.5) is 0 Å². The van der Waals surface area contributed by atoms with E-state index in [9.17, 15) is 13.2 Å². The fourth-order valence-corrected chi connectivity index (χ4v) is 6.07. The molecule has 3 heterocycles. The highest BCUT2D eigenvalue weighted by molar-refractivity contribution is 8.00. The van der Waals surface area contributed by atoms with Crippen LogP contribution in [0.5, 0.6) is 0 Å². The third-order valence-corrected chi connectivity index (χ3v) is 7.72. The van der Waals surface area contributed by atoms with Gasteiger partial charge in [-0.3, -0.25) is 4.79 Å². The SMILES string of the molecule is CCc1noc2ncc(S(=O)(=O)N3CSCC3C(=O)NCC3CC3)cc12. The first kappa shape index (κ1) is 17.7. The minimum absolute atomic E-state index is 0.0605. The molecule has 0 spiro atoms. The van der Waals surface area contributed by atoms with Gasteiger partial charge in [0.15, 0.2) is 0 Å². The van der Waals surface area contributed by atoms with Gasteiger partial charge in [0.05, 0.1) is 23.2 Å². The molecule has 0 radical (unpaired) electrons. The zero-order chi connectivity index (χ0) is 18.3. The molecule has 1 saturated carbocycles. The molecule has 2 aromatic rings. The second kappa shape index (κ2) is 6.82. The molecule has 4 rings (SSSR count). The van der Waals surface area contributed by atoms with E-state index in [2.05, 4.69) is 15.5 Å². The van der Waals surface area contributed by atoms with Gasteiger partial charge in [0, 0.05) is 12.3 Å². The van der Waals surface area contributed by atoms with Crippen LogP contribution in [0, 0.1) is 5.92 Å². The lowest BCUT2D eigenvalue weighted by atomic mass is 10.2. The van der Waals surface area contributed by atoms with Crippen molar-refractivity contribution in [2.45, 2.75) is 37.1 Å². The maximum atomic E-state index is 13.1. The van der Waals surface area contributed by atoms with Crippen molar-refractivity contribution in [3.8, 4) is 0 Å². The van der Waals surface area contributed by atoms with Gasteiger partial charge < -0.3 is 9.84 Å². The van der Waals surface area contributed by atoms with Crippen LogP contribution in [0.25, 0.3) is 11.1 Å². The maximum Gasteiger partial charge on any atom is 0.258 e. The number of amides is 1. The first-order valence-electron chi connectivity index (χ1n) is 8.62. The van der Waals surface area contributed by atoms with E-state index >= 15 is 0 Å². The Balaban J connectivity index is 1.61. The van der Waals surface area contributed by atoms with Crippen LogP contribution in [-0.4, -0.2) is 53.0 Å². The van der Waals surface area contributed by atoms with Crippen LogP contribution in [0.1, 0.15) is 25.5 Å². The van der Waals surface area contributed by atoms with E-state index in [0.29, 0.717) is 41.4 Å². The first-order valence-corrected chi connectivity index (χ1v) is 11.2. The van der Waals surface area contributed by atoms with Crippen molar-refractivity contribution in [3.05, 3.63) is 18.0 Å². The molecule has 1 aliphatic heterocycles. The van der Waals surface area contributed by atoms with Crippen LogP contribution in [0.15, 0.2) is 21.7 Å². The van der Waals surface area contributed by atoms with E-state index in [4.69, 9.17) is 4.52 Å². The third-order valence-electron chi connectivity index (χ3n) is 4.73. The summed E-state index contributed by atoms with van der Waals surface area (Å²) in [4.78, 5) is 16.6. The minimum Gasteiger partial charge on any atom is -0.354 e. The van der Waals surface area contributed by atoms with Crippen molar-refractivity contribution in [1.82, 2.24) is 19.8 Å². The van der Waals surface area contributed by atoms with Crippen molar-refractivity contribution >= 4 is 38.8 Å². The Bertz CT molecular complexity index is 939. The van der Waals surface area contributed by atoms with Gasteiger partial charge in [-0.1, -0.05) is 12.1 Å². The molecule has 26 heavy (non-hydrogen) atoms. The number of pyridine rings is 1. The molecule has 140 valence electrons. The summed E-state index contributed by atoms with van der Waals surface area (Å²) in [7, 11) is -3.83. The summed E-state index contributed by atoms with van der Waals surface area (Å²) in [6.45, 7) is 2.54. The molecule has 1 atom stereocenters.